The van der Waals surface area contributed by atoms with Gasteiger partial charge in [-0.3, -0.25) is 0 Å². The Morgan fingerprint density at radius 3 is 0.971 bits per heavy atom. The van der Waals surface area contributed by atoms with Crippen molar-refractivity contribution in [2.45, 2.75) is 0 Å². The molecule has 6 aromatic carbocycles. The molecular weight excluding hydrogens is 965 g/mol. The number of fused-ring (bicyclic) bond motifs is 6. The van der Waals surface area contributed by atoms with E-state index in [9.17, 15) is 10.2 Å². The fourth-order valence-corrected chi connectivity index (χ4v) is 11.9. The van der Waals surface area contributed by atoms with E-state index in [0.29, 0.717) is 11.5 Å². The first-order valence-electron chi connectivity index (χ1n) is 21.5. The van der Waals surface area contributed by atoms with Gasteiger partial charge in [0.15, 0.2) is 11.5 Å². The normalized spacial score (nSPS) is 10.7. The molecule has 342 valence electrons. The van der Waals surface area contributed by atoms with Crippen molar-refractivity contribution < 1.29 is 40.7 Å². The Morgan fingerprint density at radius 2 is 0.696 bits per heavy atom. The van der Waals surface area contributed by atoms with Gasteiger partial charge in [-0.25, -0.2) is 0 Å². The summed E-state index contributed by atoms with van der Waals surface area (Å²) >= 11 is 6.29. The number of hydrogen-bond acceptors (Lipinski definition) is 6. The molecule has 0 amide bonds. The standard InChI is InChI=1S/2C22H17NO2S2.2C7H7.Ti/c2*1-25(2)20-13-26-11-16(20)22-21(24)19(12-27-22)23-17-9-5-3-7-14(17)15-8-4-6-10-18(15)23;2*1-7-5-3-2-4-6-7;/h2*3-13,24H,1H2,2H3;2*2-6H,1H2;/q;;2*-1;+2. The molecule has 0 bridgehead atoms. The summed E-state index contributed by atoms with van der Waals surface area (Å²) in [5.74, 6) is 2.47. The summed E-state index contributed by atoms with van der Waals surface area (Å²) in [6, 6.07) is 53.0. The molecule has 12 aromatic rings. The van der Waals surface area contributed by atoms with E-state index in [4.69, 9.17) is 0 Å². The van der Waals surface area contributed by atoms with Crippen LogP contribution in [0.3, 0.4) is 0 Å². The maximum Gasteiger partial charge on any atom is 2.00 e. The molecule has 0 fully saturated rings. The number of hydrogen-bond donors (Lipinski definition) is 2. The number of nitrogens with zero attached hydrogens (tertiary/aromatic N) is 2. The van der Waals surface area contributed by atoms with Crippen LogP contribution >= 0.6 is 45.3 Å². The van der Waals surface area contributed by atoms with Crippen molar-refractivity contribution in [1.82, 2.24) is 9.13 Å². The Morgan fingerprint density at radius 1 is 0.406 bits per heavy atom. The molecule has 0 radical (unpaired) electrons. The van der Waals surface area contributed by atoms with Crippen LogP contribution in [0.2, 0.25) is 0 Å². The summed E-state index contributed by atoms with van der Waals surface area (Å²) in [6.07, 6.45) is 0. The average molecular weight is 1010 g/mol. The number of rotatable bonds is 6. The van der Waals surface area contributed by atoms with Crippen molar-refractivity contribution in [1.29, 1.82) is 0 Å². The van der Waals surface area contributed by atoms with Gasteiger partial charge in [0.1, 0.15) is 14.2 Å². The van der Waals surface area contributed by atoms with Gasteiger partial charge in [-0.05, 0) is 38.5 Å². The van der Waals surface area contributed by atoms with Gasteiger partial charge >= 0.3 is 21.7 Å². The number of aromatic nitrogens is 2. The molecule has 0 aliphatic rings. The summed E-state index contributed by atoms with van der Waals surface area (Å²) in [5, 5.41) is 39.2. The first-order chi connectivity index (χ1) is 33.1. The minimum absolute atomic E-state index is 0. The van der Waals surface area contributed by atoms with E-state index in [0.717, 1.165) is 76.9 Å². The average Bonchev–Trinajstić information content (AvgIpc) is 4.23. The van der Waals surface area contributed by atoms with Gasteiger partial charge in [-0.15, -0.1) is 69.6 Å². The van der Waals surface area contributed by atoms with E-state index in [1.54, 1.807) is 45.3 Å². The van der Waals surface area contributed by atoms with Crippen molar-refractivity contribution in [2.75, 3.05) is 14.2 Å². The Balaban J connectivity index is 0.000000144. The Labute approximate surface area is 434 Å². The van der Waals surface area contributed by atoms with Crippen LogP contribution in [0.15, 0.2) is 190 Å². The number of thiophene rings is 4. The van der Waals surface area contributed by atoms with Crippen LogP contribution in [0.5, 0.6) is 23.0 Å². The molecular formula is C58H48N2O4S4Ti. The van der Waals surface area contributed by atoms with Crippen LogP contribution in [-0.4, -0.2) is 33.6 Å². The van der Waals surface area contributed by atoms with E-state index in [1.165, 1.54) is 21.5 Å². The first kappa shape index (κ1) is 48.8. The van der Waals surface area contributed by atoms with Crippen molar-refractivity contribution in [3.63, 3.8) is 0 Å². The largest absolute Gasteiger partial charge is 2.00 e. The zero-order valence-electron chi connectivity index (χ0n) is 38.0. The van der Waals surface area contributed by atoms with Crippen molar-refractivity contribution in [2.24, 2.45) is 0 Å². The number of aromatic hydroxyl groups is 2. The van der Waals surface area contributed by atoms with Gasteiger partial charge in [0.2, 0.25) is 11.5 Å². The second-order valence-electron chi connectivity index (χ2n) is 15.9. The molecule has 6 aromatic heterocycles. The minimum Gasteiger partial charge on any atom is -0.713 e. The predicted octanol–water partition coefficient (Wildman–Crippen LogP) is 17.7. The minimum atomic E-state index is 0. The molecule has 2 N–H and O–H groups in total. The van der Waals surface area contributed by atoms with E-state index in [-0.39, 0.29) is 21.7 Å². The van der Waals surface area contributed by atoms with Crippen molar-refractivity contribution in [3.05, 3.63) is 229 Å². The summed E-state index contributed by atoms with van der Waals surface area (Å²) in [6.45, 7) is 7.44. The van der Waals surface area contributed by atoms with E-state index in [2.05, 4.69) is 119 Å². The molecule has 0 spiro atoms. The second-order valence-corrected chi connectivity index (χ2v) is 19.1. The monoisotopic (exact) mass is 1010 g/mol. The van der Waals surface area contributed by atoms with Crippen molar-refractivity contribution in [3.8, 4) is 55.3 Å². The van der Waals surface area contributed by atoms with Gasteiger partial charge in [0.05, 0.1) is 65.1 Å². The Kier molecular flexibility index (Phi) is 15.4. The smallest absolute Gasteiger partial charge is 0.713 e. The van der Waals surface area contributed by atoms with Crippen LogP contribution in [0.25, 0.3) is 75.9 Å². The quantitative estimate of drug-likeness (QED) is 0.0991. The molecule has 0 saturated heterocycles. The molecule has 69 heavy (non-hydrogen) atoms. The third-order valence-corrected chi connectivity index (χ3v) is 14.7. The fourth-order valence-electron chi connectivity index (χ4n) is 8.15. The summed E-state index contributed by atoms with van der Waals surface area (Å²) in [7, 11) is 11.5. The summed E-state index contributed by atoms with van der Waals surface area (Å²) in [5.41, 5.74) is 10.1. The van der Waals surface area contributed by atoms with E-state index < -0.39 is 0 Å². The molecule has 6 nitrogen and oxygen atoms in total. The van der Waals surface area contributed by atoms with E-state index >= 15 is 0 Å². The van der Waals surface area contributed by atoms with Gasteiger partial charge < -0.3 is 28.1 Å². The molecule has 11 heteroatoms. The molecule has 0 aliphatic carbocycles. The third-order valence-electron chi connectivity index (χ3n) is 11.3. The summed E-state index contributed by atoms with van der Waals surface area (Å²) in [4.78, 5) is 1.71. The molecule has 12 rings (SSSR count). The predicted molar refractivity (Wildman–Crippen MR) is 293 cm³/mol. The maximum absolute atomic E-state index is 11.1. The van der Waals surface area contributed by atoms with Crippen LogP contribution in [0.4, 0.5) is 0 Å². The van der Waals surface area contributed by atoms with Gasteiger partial charge in [0.25, 0.3) is 0 Å². The van der Waals surface area contributed by atoms with Crippen LogP contribution in [0.1, 0.15) is 11.1 Å². The molecule has 0 saturated carbocycles. The fraction of sp³-hybridized carbons (Fsp3) is 0.0345. The molecule has 0 atom stereocenters. The molecule has 6 heterocycles. The Hall–Kier alpha value is -6.63. The van der Waals surface area contributed by atoms with Gasteiger partial charge in [-0.2, -0.15) is 49.2 Å². The first-order valence-corrected chi connectivity index (χ1v) is 25.1. The topological polar surface area (TPSA) is 55.7 Å². The number of benzene rings is 6. The summed E-state index contributed by atoms with van der Waals surface area (Å²) < 4.78 is 9.62. The van der Waals surface area contributed by atoms with Gasteiger partial charge in [0, 0.05) is 43.1 Å². The van der Waals surface area contributed by atoms with Gasteiger partial charge in [-0.1, -0.05) is 84.9 Å². The number of para-hydroxylation sites is 4. The van der Waals surface area contributed by atoms with Crippen LogP contribution in [0, 0.1) is 28.1 Å². The zero-order valence-corrected chi connectivity index (χ0v) is 42.9. The van der Waals surface area contributed by atoms with Crippen molar-refractivity contribution >= 4 is 89.0 Å². The van der Waals surface area contributed by atoms with Crippen LogP contribution < -0.4 is 0 Å². The SMILES string of the molecule is [CH2-][O+](C)c1cscc1-c1scc(-n2c3ccccc3c3ccccc32)c1O.[CH2-][O+](C)c1cscc1-c1scc(-n2c3ccccc3c3ccccc32)c1O.[CH2-]c1ccccc1.[CH2-]c1ccccc1.[Ti+2]. The zero-order chi connectivity index (χ0) is 47.3. The Bertz CT molecular complexity index is 3250. The molecule has 0 unspecified atom stereocenters. The third kappa shape index (κ3) is 9.96. The van der Waals surface area contributed by atoms with E-state index in [1.807, 2.05) is 131 Å². The molecule has 0 aliphatic heterocycles. The maximum atomic E-state index is 11.1. The van der Waals surface area contributed by atoms with Crippen LogP contribution in [-0.2, 0) is 30.5 Å². The second kappa shape index (κ2) is 21.8.